The molecular formula is C14H23N5O4S. The van der Waals surface area contributed by atoms with Gasteiger partial charge in [0.05, 0.1) is 9.82 Å². The van der Waals surface area contributed by atoms with E-state index in [1.165, 1.54) is 12.1 Å². The molecule has 0 bridgehead atoms. The highest BCUT2D eigenvalue weighted by molar-refractivity contribution is 7.89. The maximum atomic E-state index is 11.5. The first-order valence-electron chi connectivity index (χ1n) is 7.65. The molecule has 9 nitrogen and oxygen atoms in total. The van der Waals surface area contributed by atoms with Crippen molar-refractivity contribution in [3.8, 4) is 0 Å². The van der Waals surface area contributed by atoms with Gasteiger partial charge in [-0.25, -0.2) is 13.6 Å². The van der Waals surface area contributed by atoms with Crippen LogP contribution in [0.25, 0.3) is 0 Å². The second kappa shape index (κ2) is 7.43. The zero-order chi connectivity index (χ0) is 17.9. The third-order valence-corrected chi connectivity index (χ3v) is 4.86. The number of likely N-dealkylation sites (N-methyl/N-ethyl adjacent to an activating group) is 1. The van der Waals surface area contributed by atoms with E-state index in [1.54, 1.807) is 0 Å². The molecule has 1 atom stereocenters. The van der Waals surface area contributed by atoms with Gasteiger partial charge in [0.25, 0.3) is 5.69 Å². The first-order valence-corrected chi connectivity index (χ1v) is 9.19. The van der Waals surface area contributed by atoms with E-state index in [-0.39, 0.29) is 16.6 Å². The molecule has 1 aliphatic rings. The first-order chi connectivity index (χ1) is 11.1. The SMILES string of the molecule is CC(CN1CCN(C)CC1)Nc1cc([N+](=O)[O-])cc(S(N)(=O)=O)c1. The molecule has 1 aromatic rings. The number of hydrogen-bond donors (Lipinski definition) is 2. The summed E-state index contributed by atoms with van der Waals surface area (Å²) < 4.78 is 23.0. The molecule has 1 saturated heterocycles. The van der Waals surface area contributed by atoms with Crippen LogP contribution < -0.4 is 10.5 Å². The molecule has 1 aliphatic heterocycles. The summed E-state index contributed by atoms with van der Waals surface area (Å²) in [6.07, 6.45) is 0. The van der Waals surface area contributed by atoms with Gasteiger partial charge in [-0.15, -0.1) is 0 Å². The van der Waals surface area contributed by atoms with Crippen LogP contribution in [0.5, 0.6) is 0 Å². The number of nitrogens with two attached hydrogens (primary N) is 1. The number of non-ortho nitro benzene ring substituents is 1. The fraction of sp³-hybridized carbons (Fsp3) is 0.571. The first kappa shape index (κ1) is 18.6. The molecule has 3 N–H and O–H groups in total. The van der Waals surface area contributed by atoms with Crippen LogP contribution in [-0.2, 0) is 10.0 Å². The Hall–Kier alpha value is -1.75. The molecular weight excluding hydrogens is 334 g/mol. The molecule has 0 spiro atoms. The lowest BCUT2D eigenvalue weighted by atomic mass is 10.2. The van der Waals surface area contributed by atoms with Gasteiger partial charge in [0.2, 0.25) is 10.0 Å². The molecule has 0 radical (unpaired) electrons. The Kier molecular flexibility index (Phi) is 5.75. The topological polar surface area (TPSA) is 122 Å². The number of benzene rings is 1. The summed E-state index contributed by atoms with van der Waals surface area (Å²) in [5.74, 6) is 0. The molecule has 0 amide bonds. The zero-order valence-corrected chi connectivity index (χ0v) is 14.6. The second-order valence-electron chi connectivity index (χ2n) is 6.17. The van der Waals surface area contributed by atoms with Crippen LogP contribution in [0.1, 0.15) is 6.92 Å². The van der Waals surface area contributed by atoms with Gasteiger partial charge in [0.1, 0.15) is 0 Å². The average Bonchev–Trinajstić information content (AvgIpc) is 2.48. The molecule has 1 aromatic carbocycles. The molecule has 10 heteroatoms. The van der Waals surface area contributed by atoms with Gasteiger partial charge < -0.3 is 10.2 Å². The summed E-state index contributed by atoms with van der Waals surface area (Å²) in [5, 5.41) is 19.2. The predicted molar refractivity (Wildman–Crippen MR) is 91.5 cm³/mol. The van der Waals surface area contributed by atoms with Gasteiger partial charge in [0.15, 0.2) is 0 Å². The fourth-order valence-corrected chi connectivity index (χ4v) is 3.26. The minimum absolute atomic E-state index is 0.00346. The lowest BCUT2D eigenvalue weighted by Crippen LogP contribution is -2.47. The number of nitro groups is 1. The normalized spacial score (nSPS) is 18.3. The van der Waals surface area contributed by atoms with Gasteiger partial charge in [-0.05, 0) is 20.0 Å². The van der Waals surface area contributed by atoms with Crippen molar-refractivity contribution in [1.29, 1.82) is 0 Å². The molecule has 0 aliphatic carbocycles. The molecule has 0 aromatic heterocycles. The Morgan fingerprint density at radius 3 is 2.46 bits per heavy atom. The molecule has 1 fully saturated rings. The Bertz CT molecular complexity index is 701. The summed E-state index contributed by atoms with van der Waals surface area (Å²) in [4.78, 5) is 14.6. The summed E-state index contributed by atoms with van der Waals surface area (Å²) in [6.45, 7) is 6.63. The van der Waals surface area contributed by atoms with Crippen molar-refractivity contribution in [2.75, 3.05) is 45.1 Å². The lowest BCUT2D eigenvalue weighted by Gasteiger charge is -2.34. The Morgan fingerprint density at radius 2 is 1.92 bits per heavy atom. The van der Waals surface area contributed by atoms with Crippen molar-refractivity contribution in [2.24, 2.45) is 5.14 Å². The van der Waals surface area contributed by atoms with E-state index >= 15 is 0 Å². The van der Waals surface area contributed by atoms with Gasteiger partial charge in [-0.2, -0.15) is 0 Å². The van der Waals surface area contributed by atoms with E-state index in [4.69, 9.17) is 5.14 Å². The molecule has 0 saturated carbocycles. The Labute approximate surface area is 141 Å². The molecule has 134 valence electrons. The fourth-order valence-electron chi connectivity index (χ4n) is 2.68. The van der Waals surface area contributed by atoms with Gasteiger partial charge in [-0.1, -0.05) is 0 Å². The van der Waals surface area contributed by atoms with Crippen LogP contribution in [0.3, 0.4) is 0 Å². The average molecular weight is 357 g/mol. The largest absolute Gasteiger partial charge is 0.381 e. The van der Waals surface area contributed by atoms with Crippen LogP contribution in [0, 0.1) is 10.1 Å². The number of nitrogens with one attached hydrogen (secondary N) is 1. The quantitative estimate of drug-likeness (QED) is 0.554. The lowest BCUT2D eigenvalue weighted by molar-refractivity contribution is -0.385. The monoisotopic (exact) mass is 357 g/mol. The van der Waals surface area contributed by atoms with Crippen molar-refractivity contribution in [3.63, 3.8) is 0 Å². The van der Waals surface area contributed by atoms with Crippen LogP contribution in [0.4, 0.5) is 11.4 Å². The van der Waals surface area contributed by atoms with E-state index in [0.29, 0.717) is 5.69 Å². The minimum atomic E-state index is -4.01. The second-order valence-corrected chi connectivity index (χ2v) is 7.73. The van der Waals surface area contributed by atoms with Crippen molar-refractivity contribution in [1.82, 2.24) is 9.80 Å². The van der Waals surface area contributed by atoms with E-state index in [2.05, 4.69) is 22.2 Å². The Morgan fingerprint density at radius 1 is 1.29 bits per heavy atom. The number of nitrogens with zero attached hydrogens (tertiary/aromatic N) is 3. The Balaban J connectivity index is 2.10. The van der Waals surface area contributed by atoms with Crippen LogP contribution in [0.15, 0.2) is 23.1 Å². The maximum absolute atomic E-state index is 11.5. The van der Waals surface area contributed by atoms with Crippen LogP contribution >= 0.6 is 0 Å². The minimum Gasteiger partial charge on any atom is -0.381 e. The van der Waals surface area contributed by atoms with Gasteiger partial charge in [0, 0.05) is 56.6 Å². The number of anilines is 1. The summed E-state index contributed by atoms with van der Waals surface area (Å²) in [6, 6.07) is 3.60. The smallest absolute Gasteiger partial charge is 0.272 e. The highest BCUT2D eigenvalue weighted by atomic mass is 32.2. The number of hydrogen-bond acceptors (Lipinski definition) is 7. The van der Waals surface area contributed by atoms with E-state index in [0.717, 1.165) is 38.8 Å². The van der Waals surface area contributed by atoms with E-state index < -0.39 is 14.9 Å². The molecule has 24 heavy (non-hydrogen) atoms. The number of primary sulfonamides is 1. The summed E-state index contributed by atoms with van der Waals surface area (Å²) >= 11 is 0. The zero-order valence-electron chi connectivity index (χ0n) is 13.8. The van der Waals surface area contributed by atoms with E-state index in [1.807, 2.05) is 6.92 Å². The van der Waals surface area contributed by atoms with Crippen molar-refractivity contribution in [2.45, 2.75) is 17.9 Å². The summed E-state index contributed by atoms with van der Waals surface area (Å²) in [7, 11) is -1.93. The summed E-state index contributed by atoms with van der Waals surface area (Å²) in [5.41, 5.74) is 0.0608. The predicted octanol–water partition coefficient (Wildman–Crippen LogP) is 0.290. The van der Waals surface area contributed by atoms with Crippen molar-refractivity contribution < 1.29 is 13.3 Å². The number of rotatable bonds is 6. The number of piperazine rings is 1. The third-order valence-electron chi connectivity index (χ3n) is 3.97. The van der Waals surface area contributed by atoms with E-state index in [9.17, 15) is 18.5 Å². The number of sulfonamides is 1. The molecule has 2 rings (SSSR count). The van der Waals surface area contributed by atoms with Crippen LogP contribution in [-0.4, -0.2) is 69.0 Å². The highest BCUT2D eigenvalue weighted by Gasteiger charge is 2.19. The molecule has 1 heterocycles. The van der Waals surface area contributed by atoms with Gasteiger partial charge >= 0.3 is 0 Å². The third kappa shape index (κ3) is 5.13. The standard InChI is InChI=1S/C14H23N5O4S/c1-11(10-18-5-3-17(2)4-6-18)16-12-7-13(19(20)21)9-14(8-12)24(15,22)23/h7-9,11,16H,3-6,10H2,1-2H3,(H2,15,22,23). The maximum Gasteiger partial charge on any atom is 0.272 e. The van der Waals surface area contributed by atoms with Crippen molar-refractivity contribution in [3.05, 3.63) is 28.3 Å². The number of nitro benzene ring substituents is 1. The van der Waals surface area contributed by atoms with Gasteiger partial charge in [-0.3, -0.25) is 15.0 Å². The van der Waals surface area contributed by atoms with Crippen LogP contribution in [0.2, 0.25) is 0 Å². The molecule has 1 unspecified atom stereocenters. The van der Waals surface area contributed by atoms with Crippen molar-refractivity contribution >= 4 is 21.4 Å². The highest BCUT2D eigenvalue weighted by Crippen LogP contribution is 2.24.